The number of halogens is 1. The van der Waals surface area contributed by atoms with Crippen molar-refractivity contribution >= 4 is 0 Å². The van der Waals surface area contributed by atoms with E-state index >= 15 is 0 Å². The highest BCUT2D eigenvalue weighted by molar-refractivity contribution is 5.26. The maximum atomic E-state index is 13.6. The zero-order valence-electron chi connectivity index (χ0n) is 20.1. The zero-order valence-corrected chi connectivity index (χ0v) is 20.1. The van der Waals surface area contributed by atoms with Gasteiger partial charge < -0.3 is 10.2 Å². The lowest BCUT2D eigenvalue weighted by Crippen LogP contribution is -2.53. The van der Waals surface area contributed by atoms with Gasteiger partial charge in [0.05, 0.1) is 11.7 Å². The minimum absolute atomic E-state index is 0.149. The van der Waals surface area contributed by atoms with E-state index in [0.29, 0.717) is 24.2 Å². The summed E-state index contributed by atoms with van der Waals surface area (Å²) in [6.07, 6.45) is 12.6. The molecule has 0 aromatic heterocycles. The van der Waals surface area contributed by atoms with E-state index in [1.54, 1.807) is 12.1 Å². The summed E-state index contributed by atoms with van der Waals surface area (Å²) in [4.78, 5) is 0. The van der Waals surface area contributed by atoms with E-state index in [4.69, 9.17) is 0 Å². The summed E-state index contributed by atoms with van der Waals surface area (Å²) in [6.45, 7) is 6.99. The lowest BCUT2D eigenvalue weighted by Gasteiger charge is -2.59. The van der Waals surface area contributed by atoms with E-state index in [0.717, 1.165) is 50.0 Å². The van der Waals surface area contributed by atoms with Crippen molar-refractivity contribution in [1.82, 2.24) is 0 Å². The molecule has 0 amide bonds. The van der Waals surface area contributed by atoms with Crippen LogP contribution >= 0.6 is 0 Å². The molecular weight excluding hydrogens is 399 g/mol. The van der Waals surface area contributed by atoms with Crippen molar-refractivity contribution in [2.45, 2.75) is 96.7 Å². The fourth-order valence-corrected chi connectivity index (χ4v) is 8.93. The maximum Gasteiger partial charge on any atom is 0.123 e. The number of aryl methyl sites for hydroxylation is 1. The molecule has 0 spiro atoms. The van der Waals surface area contributed by atoms with Gasteiger partial charge in [0, 0.05) is 0 Å². The molecule has 3 fully saturated rings. The summed E-state index contributed by atoms with van der Waals surface area (Å²) in [5.41, 5.74) is 2.23. The van der Waals surface area contributed by atoms with Crippen molar-refractivity contribution in [3.63, 3.8) is 0 Å². The van der Waals surface area contributed by atoms with Gasteiger partial charge in [0.1, 0.15) is 5.82 Å². The van der Waals surface area contributed by atoms with Crippen LogP contribution in [0.4, 0.5) is 4.39 Å². The van der Waals surface area contributed by atoms with E-state index < -0.39 is 5.60 Å². The molecule has 8 atom stereocenters. The molecule has 0 radical (unpaired) electrons. The normalized spacial score (nSPS) is 42.9. The monoisotopic (exact) mass is 440 g/mol. The van der Waals surface area contributed by atoms with Gasteiger partial charge in [0.2, 0.25) is 0 Å². The summed E-state index contributed by atoms with van der Waals surface area (Å²) in [6, 6.07) is 6.83. The van der Waals surface area contributed by atoms with E-state index in [1.165, 1.54) is 30.9 Å². The number of fused-ring (bicyclic) bond motifs is 5. The van der Waals surface area contributed by atoms with Gasteiger partial charge in [-0.15, -0.1) is 0 Å². The Morgan fingerprint density at radius 1 is 1.09 bits per heavy atom. The van der Waals surface area contributed by atoms with E-state index in [2.05, 4.69) is 19.9 Å². The predicted octanol–water partition coefficient (Wildman–Crippen LogP) is 6.45. The molecule has 0 aliphatic heterocycles. The molecule has 0 saturated heterocycles. The third kappa shape index (κ3) is 3.59. The summed E-state index contributed by atoms with van der Waals surface area (Å²) < 4.78 is 13.6. The van der Waals surface area contributed by atoms with Gasteiger partial charge in [-0.3, -0.25) is 0 Å². The fraction of sp³-hybridized carbons (Fsp3) is 0.724. The van der Waals surface area contributed by atoms with Crippen molar-refractivity contribution in [2.24, 2.45) is 34.5 Å². The van der Waals surface area contributed by atoms with Gasteiger partial charge in [-0.1, -0.05) is 37.6 Å². The summed E-state index contributed by atoms with van der Waals surface area (Å²) in [5.74, 6) is 2.22. The average molecular weight is 441 g/mol. The molecule has 2 N–H and O–H groups in total. The first kappa shape index (κ1) is 22.6. The van der Waals surface area contributed by atoms with Crippen LogP contribution < -0.4 is 0 Å². The molecule has 176 valence electrons. The van der Waals surface area contributed by atoms with Crippen molar-refractivity contribution in [3.05, 3.63) is 47.3 Å². The van der Waals surface area contributed by atoms with Gasteiger partial charge in [0.15, 0.2) is 0 Å². The molecule has 4 aliphatic carbocycles. The number of rotatable bonds is 4. The Morgan fingerprint density at radius 2 is 1.91 bits per heavy atom. The largest absolute Gasteiger partial charge is 0.393 e. The van der Waals surface area contributed by atoms with Crippen LogP contribution in [0.2, 0.25) is 0 Å². The van der Waals surface area contributed by atoms with Gasteiger partial charge in [-0.25, -0.2) is 4.39 Å². The standard InChI is InChI=1S/C29H41FO2/c1-27-14-12-22(31)18-20(27)7-8-23-24-9-10-26(28(24,2)15-13-25(23)27)29(3,32)16-11-19-5-4-6-21(30)17-19/h4-7,17,22-26,31-32H,8-16,18H2,1-3H3/t22-,23-,24-,25-,26-,27-,28-,29-/m0/s1. The highest BCUT2D eigenvalue weighted by Crippen LogP contribution is 2.67. The van der Waals surface area contributed by atoms with Crippen LogP contribution in [0.25, 0.3) is 0 Å². The Morgan fingerprint density at radius 3 is 2.69 bits per heavy atom. The second-order valence-corrected chi connectivity index (χ2v) is 12.3. The first-order valence-corrected chi connectivity index (χ1v) is 13.0. The van der Waals surface area contributed by atoms with Gasteiger partial charge in [-0.05, 0) is 123 Å². The van der Waals surface area contributed by atoms with Crippen LogP contribution in [-0.2, 0) is 6.42 Å². The molecule has 1 aromatic rings. The minimum atomic E-state index is -0.725. The zero-order chi connectivity index (χ0) is 22.7. The lowest BCUT2D eigenvalue weighted by molar-refractivity contribution is -0.104. The third-order valence-electron chi connectivity index (χ3n) is 10.6. The van der Waals surface area contributed by atoms with E-state index in [-0.39, 0.29) is 22.8 Å². The first-order chi connectivity index (χ1) is 15.1. The van der Waals surface area contributed by atoms with Crippen molar-refractivity contribution in [1.29, 1.82) is 0 Å². The van der Waals surface area contributed by atoms with Crippen LogP contribution in [-0.4, -0.2) is 21.9 Å². The van der Waals surface area contributed by atoms with Crippen molar-refractivity contribution in [3.8, 4) is 0 Å². The van der Waals surface area contributed by atoms with Gasteiger partial charge >= 0.3 is 0 Å². The molecule has 4 aliphatic rings. The van der Waals surface area contributed by atoms with Crippen LogP contribution in [0, 0.1) is 40.3 Å². The van der Waals surface area contributed by atoms with Crippen molar-refractivity contribution in [2.75, 3.05) is 0 Å². The highest BCUT2D eigenvalue weighted by atomic mass is 19.1. The molecular formula is C29H41FO2. The van der Waals surface area contributed by atoms with Crippen LogP contribution in [0.3, 0.4) is 0 Å². The topological polar surface area (TPSA) is 40.5 Å². The Bertz CT molecular complexity index is 891. The number of hydrogen-bond donors (Lipinski definition) is 2. The lowest BCUT2D eigenvalue weighted by atomic mass is 9.46. The molecule has 2 nitrogen and oxygen atoms in total. The number of aliphatic hydroxyl groups is 2. The number of hydrogen-bond acceptors (Lipinski definition) is 2. The third-order valence-corrected chi connectivity index (χ3v) is 10.6. The predicted molar refractivity (Wildman–Crippen MR) is 127 cm³/mol. The van der Waals surface area contributed by atoms with Crippen molar-refractivity contribution < 1.29 is 14.6 Å². The SMILES string of the molecule is C[C@]12CC[C@H]3[C@@H](CC=C4C[C@@H](O)CC[C@@]43C)[C@@H]1CC[C@@H]2[C@@](C)(O)CCc1cccc(F)c1. The summed E-state index contributed by atoms with van der Waals surface area (Å²) in [5, 5.41) is 21.9. The van der Waals surface area contributed by atoms with E-state index in [9.17, 15) is 14.6 Å². The Hall–Kier alpha value is -1.19. The molecule has 0 unspecified atom stereocenters. The first-order valence-electron chi connectivity index (χ1n) is 13.0. The van der Waals surface area contributed by atoms with E-state index in [1.807, 2.05) is 13.0 Å². The molecule has 0 heterocycles. The number of benzene rings is 1. The molecule has 1 aromatic carbocycles. The van der Waals surface area contributed by atoms with Gasteiger partial charge in [0.25, 0.3) is 0 Å². The summed E-state index contributed by atoms with van der Waals surface area (Å²) >= 11 is 0. The van der Waals surface area contributed by atoms with Crippen LogP contribution in [0.1, 0.15) is 84.1 Å². The van der Waals surface area contributed by atoms with Crippen LogP contribution in [0.5, 0.6) is 0 Å². The molecule has 5 rings (SSSR count). The van der Waals surface area contributed by atoms with Crippen LogP contribution in [0.15, 0.2) is 35.9 Å². The Kier molecular flexibility index (Phi) is 5.61. The molecule has 3 heteroatoms. The second kappa shape index (κ2) is 7.94. The minimum Gasteiger partial charge on any atom is -0.393 e. The maximum absolute atomic E-state index is 13.6. The smallest absolute Gasteiger partial charge is 0.123 e. The average Bonchev–Trinajstić information content (AvgIpc) is 3.11. The second-order valence-electron chi connectivity index (χ2n) is 12.3. The summed E-state index contributed by atoms with van der Waals surface area (Å²) in [7, 11) is 0. The Labute approximate surface area is 193 Å². The fourth-order valence-electron chi connectivity index (χ4n) is 8.93. The molecule has 3 saturated carbocycles. The number of allylic oxidation sites excluding steroid dienone is 1. The van der Waals surface area contributed by atoms with Gasteiger partial charge in [-0.2, -0.15) is 0 Å². The highest BCUT2D eigenvalue weighted by Gasteiger charge is 2.61. The quantitative estimate of drug-likeness (QED) is 0.528. The molecule has 32 heavy (non-hydrogen) atoms. The Balaban J connectivity index is 1.34. The molecule has 0 bridgehead atoms. The number of aliphatic hydroxyl groups excluding tert-OH is 1.